The molecule has 2 fully saturated rings. The van der Waals surface area contributed by atoms with E-state index in [9.17, 15) is 18.0 Å². The van der Waals surface area contributed by atoms with Gasteiger partial charge in [0.25, 0.3) is 0 Å². The molecular formula is C13H16F3N5O. The maximum absolute atomic E-state index is 12.6. The summed E-state index contributed by atoms with van der Waals surface area (Å²) in [6.45, 7) is 2.44. The van der Waals surface area contributed by atoms with Crippen molar-refractivity contribution in [2.45, 2.75) is 24.7 Å². The Morgan fingerprint density at radius 1 is 1.27 bits per heavy atom. The minimum atomic E-state index is -4.44. The largest absolute Gasteiger partial charge is 0.419 e. The van der Waals surface area contributed by atoms with Crippen LogP contribution in [0.15, 0.2) is 12.4 Å². The molecule has 1 aromatic heterocycles. The van der Waals surface area contributed by atoms with Crippen LogP contribution in [0, 0.1) is 0 Å². The van der Waals surface area contributed by atoms with Crippen LogP contribution >= 0.6 is 0 Å². The van der Waals surface area contributed by atoms with E-state index < -0.39 is 11.7 Å². The normalized spacial score (nSPS) is 25.8. The molecule has 2 atom stereocenters. The average molecular weight is 315 g/mol. The Bertz CT molecular complexity index is 531. The van der Waals surface area contributed by atoms with Crippen molar-refractivity contribution in [1.82, 2.24) is 20.2 Å². The van der Waals surface area contributed by atoms with Crippen molar-refractivity contribution in [2.75, 3.05) is 31.1 Å². The quantitative estimate of drug-likeness (QED) is 0.823. The summed E-state index contributed by atoms with van der Waals surface area (Å²) in [5.74, 6) is 0.275. The molecule has 1 N–H and O–H groups in total. The lowest BCUT2D eigenvalue weighted by Crippen LogP contribution is -2.65. The number of aromatic nitrogens is 2. The molecule has 120 valence electrons. The summed E-state index contributed by atoms with van der Waals surface area (Å²) in [4.78, 5) is 22.3. The van der Waals surface area contributed by atoms with Crippen LogP contribution in [0.5, 0.6) is 0 Å². The van der Waals surface area contributed by atoms with Crippen LogP contribution in [-0.4, -0.2) is 59.5 Å². The van der Waals surface area contributed by atoms with Gasteiger partial charge in [0, 0.05) is 38.1 Å². The molecule has 3 rings (SSSR count). The monoisotopic (exact) mass is 315 g/mol. The van der Waals surface area contributed by atoms with Crippen LogP contribution in [0.4, 0.5) is 19.1 Å². The number of nitrogens with zero attached hydrogens (tertiary/aromatic N) is 4. The second-order valence-electron chi connectivity index (χ2n) is 5.48. The standard InChI is InChI=1S/C13H16F3N5O/c14-13(15,16)9-5-18-12(19-6-9)21-4-3-20(8-22)7-11(21)10-1-2-17-10/h5-6,8,10-11,17H,1-4,7H2/t10-,11?/m0/s1. The van der Waals surface area contributed by atoms with E-state index in [1.54, 1.807) is 4.90 Å². The van der Waals surface area contributed by atoms with E-state index in [0.29, 0.717) is 19.6 Å². The van der Waals surface area contributed by atoms with Crippen molar-refractivity contribution in [3.63, 3.8) is 0 Å². The number of carbonyl (C=O) groups excluding carboxylic acids is 1. The molecule has 2 aliphatic rings. The van der Waals surface area contributed by atoms with Gasteiger partial charge in [-0.15, -0.1) is 0 Å². The lowest BCUT2D eigenvalue weighted by Gasteiger charge is -2.46. The Kier molecular flexibility index (Phi) is 3.90. The first-order valence-electron chi connectivity index (χ1n) is 7.07. The average Bonchev–Trinajstić information content (AvgIpc) is 2.44. The van der Waals surface area contributed by atoms with Crippen molar-refractivity contribution >= 4 is 12.4 Å². The fourth-order valence-corrected chi connectivity index (χ4v) is 2.78. The lowest BCUT2D eigenvalue weighted by atomic mass is 9.95. The Morgan fingerprint density at radius 3 is 2.45 bits per heavy atom. The van der Waals surface area contributed by atoms with Crippen LogP contribution in [0.25, 0.3) is 0 Å². The van der Waals surface area contributed by atoms with Gasteiger partial charge >= 0.3 is 6.18 Å². The fourth-order valence-electron chi connectivity index (χ4n) is 2.78. The number of anilines is 1. The molecular weight excluding hydrogens is 299 g/mol. The zero-order chi connectivity index (χ0) is 15.7. The summed E-state index contributed by atoms with van der Waals surface area (Å²) in [7, 11) is 0. The highest BCUT2D eigenvalue weighted by Crippen LogP contribution is 2.29. The van der Waals surface area contributed by atoms with Crippen LogP contribution in [-0.2, 0) is 11.0 Å². The van der Waals surface area contributed by atoms with Gasteiger partial charge in [0.15, 0.2) is 0 Å². The molecule has 1 amide bonds. The Hall–Kier alpha value is -1.90. The summed E-state index contributed by atoms with van der Waals surface area (Å²) in [6, 6.07) is 0.179. The van der Waals surface area contributed by atoms with Gasteiger partial charge < -0.3 is 15.1 Å². The maximum Gasteiger partial charge on any atom is 0.419 e. The maximum atomic E-state index is 12.6. The van der Waals surface area contributed by atoms with E-state index in [-0.39, 0.29) is 18.0 Å². The molecule has 0 saturated carbocycles. The van der Waals surface area contributed by atoms with E-state index in [0.717, 1.165) is 31.8 Å². The molecule has 1 aromatic rings. The number of halogens is 3. The highest BCUT2D eigenvalue weighted by atomic mass is 19.4. The number of nitrogens with one attached hydrogen (secondary N) is 1. The number of piperazine rings is 1. The summed E-state index contributed by atoms with van der Waals surface area (Å²) in [5, 5.41) is 3.28. The zero-order valence-corrected chi connectivity index (χ0v) is 11.8. The molecule has 0 spiro atoms. The van der Waals surface area contributed by atoms with Gasteiger partial charge in [0.1, 0.15) is 0 Å². The third-order valence-electron chi connectivity index (χ3n) is 4.15. The number of alkyl halides is 3. The van der Waals surface area contributed by atoms with Gasteiger partial charge in [-0.2, -0.15) is 13.2 Å². The predicted molar refractivity (Wildman–Crippen MR) is 72.2 cm³/mol. The minimum Gasteiger partial charge on any atom is -0.341 e. The number of hydrogen-bond acceptors (Lipinski definition) is 5. The molecule has 0 aromatic carbocycles. The van der Waals surface area contributed by atoms with E-state index in [1.165, 1.54) is 0 Å². The molecule has 6 nitrogen and oxygen atoms in total. The fraction of sp³-hybridized carbons (Fsp3) is 0.615. The highest BCUT2D eigenvalue weighted by molar-refractivity contribution is 5.49. The third-order valence-corrected chi connectivity index (χ3v) is 4.15. The first-order valence-corrected chi connectivity index (χ1v) is 7.07. The van der Waals surface area contributed by atoms with Gasteiger partial charge in [-0.1, -0.05) is 0 Å². The molecule has 0 radical (unpaired) electrons. The number of carbonyl (C=O) groups is 1. The zero-order valence-electron chi connectivity index (χ0n) is 11.8. The first kappa shape index (κ1) is 15.0. The molecule has 2 aliphatic heterocycles. The molecule has 0 aliphatic carbocycles. The van der Waals surface area contributed by atoms with E-state index in [2.05, 4.69) is 15.3 Å². The summed E-state index contributed by atoms with van der Waals surface area (Å²) in [5.41, 5.74) is -0.860. The molecule has 2 saturated heterocycles. The van der Waals surface area contributed by atoms with Crippen molar-refractivity contribution < 1.29 is 18.0 Å². The second-order valence-corrected chi connectivity index (χ2v) is 5.48. The lowest BCUT2D eigenvalue weighted by molar-refractivity contribution is -0.138. The van der Waals surface area contributed by atoms with Gasteiger partial charge in [0.05, 0.1) is 11.6 Å². The van der Waals surface area contributed by atoms with Gasteiger partial charge in [0.2, 0.25) is 12.4 Å². The number of rotatable bonds is 3. The predicted octanol–water partition coefficient (Wildman–Crippen LogP) is 0.504. The molecule has 1 unspecified atom stereocenters. The highest BCUT2D eigenvalue weighted by Gasteiger charge is 2.37. The van der Waals surface area contributed by atoms with Crippen molar-refractivity contribution in [1.29, 1.82) is 0 Å². The van der Waals surface area contributed by atoms with E-state index in [1.807, 2.05) is 4.90 Å². The van der Waals surface area contributed by atoms with Gasteiger partial charge in [-0.05, 0) is 13.0 Å². The molecule has 0 bridgehead atoms. The molecule has 9 heteroatoms. The third kappa shape index (κ3) is 2.85. The first-order chi connectivity index (χ1) is 10.5. The summed E-state index contributed by atoms with van der Waals surface area (Å²) < 4.78 is 37.7. The molecule has 22 heavy (non-hydrogen) atoms. The van der Waals surface area contributed by atoms with Crippen LogP contribution in [0.3, 0.4) is 0 Å². The van der Waals surface area contributed by atoms with Crippen molar-refractivity contribution in [3.8, 4) is 0 Å². The van der Waals surface area contributed by atoms with Crippen molar-refractivity contribution in [2.24, 2.45) is 0 Å². The smallest absolute Gasteiger partial charge is 0.341 e. The van der Waals surface area contributed by atoms with Crippen molar-refractivity contribution in [3.05, 3.63) is 18.0 Å². The molecule has 3 heterocycles. The van der Waals surface area contributed by atoms with Crippen LogP contribution in [0.1, 0.15) is 12.0 Å². The Morgan fingerprint density at radius 2 is 1.95 bits per heavy atom. The number of amides is 1. The van der Waals surface area contributed by atoms with E-state index in [4.69, 9.17) is 0 Å². The topological polar surface area (TPSA) is 61.4 Å². The minimum absolute atomic E-state index is 0.0237. The summed E-state index contributed by atoms with van der Waals surface area (Å²) >= 11 is 0. The van der Waals surface area contributed by atoms with E-state index >= 15 is 0 Å². The Balaban J connectivity index is 1.80. The number of hydrogen-bond donors (Lipinski definition) is 1. The van der Waals surface area contributed by atoms with Gasteiger partial charge in [-0.25, -0.2) is 9.97 Å². The van der Waals surface area contributed by atoms with Crippen LogP contribution < -0.4 is 10.2 Å². The SMILES string of the molecule is O=CN1CCN(c2ncc(C(F)(F)F)cn2)C([C@@H]2CCN2)C1. The Labute approximate surface area is 125 Å². The summed E-state index contributed by atoms with van der Waals surface area (Å²) in [6.07, 6.45) is -1.06. The van der Waals surface area contributed by atoms with Gasteiger partial charge in [-0.3, -0.25) is 4.79 Å². The van der Waals surface area contributed by atoms with Crippen LogP contribution in [0.2, 0.25) is 0 Å². The second kappa shape index (κ2) is 5.71.